The molecule has 6 heteroatoms. The molecule has 0 amide bonds. The van der Waals surface area contributed by atoms with Crippen molar-refractivity contribution in [1.82, 2.24) is 9.97 Å². The third-order valence-electron chi connectivity index (χ3n) is 3.06. The molecule has 2 rings (SSSR count). The standard InChI is InChI=1S/C13H22N4S2/c1-3-4-11-12(14-2)16-9-17-13(11)15-7-10-8-18-5-6-19-10/h9-10H,3-8H2,1-2H3,(H2,14,15,16,17). The highest BCUT2D eigenvalue weighted by atomic mass is 32.2. The van der Waals surface area contributed by atoms with E-state index in [9.17, 15) is 0 Å². The summed E-state index contributed by atoms with van der Waals surface area (Å²) in [7, 11) is 1.92. The summed E-state index contributed by atoms with van der Waals surface area (Å²) in [6.07, 6.45) is 3.74. The maximum absolute atomic E-state index is 4.41. The molecule has 2 heterocycles. The van der Waals surface area contributed by atoms with Crippen LogP contribution < -0.4 is 10.6 Å². The van der Waals surface area contributed by atoms with E-state index in [4.69, 9.17) is 0 Å². The highest BCUT2D eigenvalue weighted by molar-refractivity contribution is 8.06. The Hall–Kier alpha value is -0.620. The second-order valence-electron chi connectivity index (χ2n) is 4.50. The first-order valence-corrected chi connectivity index (χ1v) is 9.00. The second-order valence-corrected chi connectivity index (χ2v) is 7.06. The zero-order chi connectivity index (χ0) is 13.5. The topological polar surface area (TPSA) is 49.8 Å². The number of rotatable bonds is 6. The van der Waals surface area contributed by atoms with Gasteiger partial charge < -0.3 is 10.6 Å². The predicted molar refractivity (Wildman–Crippen MR) is 87.6 cm³/mol. The lowest BCUT2D eigenvalue weighted by atomic mass is 10.1. The lowest BCUT2D eigenvalue weighted by Crippen LogP contribution is -2.24. The summed E-state index contributed by atoms with van der Waals surface area (Å²) in [6, 6.07) is 0. The van der Waals surface area contributed by atoms with Crippen LogP contribution in [0.5, 0.6) is 0 Å². The molecule has 1 aliphatic heterocycles. The molecule has 1 aromatic rings. The van der Waals surface area contributed by atoms with Crippen molar-refractivity contribution in [1.29, 1.82) is 0 Å². The van der Waals surface area contributed by atoms with Crippen LogP contribution in [0.1, 0.15) is 18.9 Å². The van der Waals surface area contributed by atoms with Gasteiger partial charge in [-0.25, -0.2) is 9.97 Å². The number of hydrogen-bond acceptors (Lipinski definition) is 6. The lowest BCUT2D eigenvalue weighted by molar-refractivity contribution is 0.894. The average molecular weight is 298 g/mol. The fourth-order valence-electron chi connectivity index (χ4n) is 2.13. The molecular formula is C13H22N4S2. The van der Waals surface area contributed by atoms with Gasteiger partial charge in [0, 0.05) is 41.7 Å². The number of aromatic nitrogens is 2. The summed E-state index contributed by atoms with van der Waals surface area (Å²) >= 11 is 4.12. The van der Waals surface area contributed by atoms with Gasteiger partial charge in [-0.2, -0.15) is 23.5 Å². The molecule has 0 saturated carbocycles. The minimum atomic E-state index is 0.696. The zero-order valence-electron chi connectivity index (χ0n) is 11.6. The van der Waals surface area contributed by atoms with Gasteiger partial charge in [0.2, 0.25) is 0 Å². The first-order chi connectivity index (χ1) is 9.35. The van der Waals surface area contributed by atoms with Crippen molar-refractivity contribution < 1.29 is 0 Å². The van der Waals surface area contributed by atoms with Gasteiger partial charge in [0.25, 0.3) is 0 Å². The smallest absolute Gasteiger partial charge is 0.134 e. The van der Waals surface area contributed by atoms with Crippen LogP contribution in [0.25, 0.3) is 0 Å². The normalized spacial score (nSPS) is 19.2. The van der Waals surface area contributed by atoms with Crippen molar-refractivity contribution >= 4 is 35.2 Å². The van der Waals surface area contributed by atoms with Crippen LogP contribution in [0, 0.1) is 0 Å². The molecule has 19 heavy (non-hydrogen) atoms. The maximum atomic E-state index is 4.41. The molecule has 1 unspecified atom stereocenters. The number of nitrogens with one attached hydrogen (secondary N) is 2. The van der Waals surface area contributed by atoms with Crippen molar-refractivity contribution in [2.45, 2.75) is 25.0 Å². The largest absolute Gasteiger partial charge is 0.373 e. The third-order valence-corrected chi connectivity index (χ3v) is 5.91. The number of nitrogens with zero attached hydrogens (tertiary/aromatic N) is 2. The molecule has 0 spiro atoms. The Morgan fingerprint density at radius 2 is 2.16 bits per heavy atom. The highest BCUT2D eigenvalue weighted by Gasteiger charge is 2.16. The zero-order valence-corrected chi connectivity index (χ0v) is 13.2. The molecule has 0 radical (unpaired) electrons. The van der Waals surface area contributed by atoms with Crippen molar-refractivity contribution in [3.05, 3.63) is 11.9 Å². The Morgan fingerprint density at radius 3 is 2.84 bits per heavy atom. The molecule has 0 aliphatic carbocycles. The van der Waals surface area contributed by atoms with E-state index < -0.39 is 0 Å². The van der Waals surface area contributed by atoms with E-state index in [0.29, 0.717) is 5.25 Å². The molecule has 4 nitrogen and oxygen atoms in total. The minimum Gasteiger partial charge on any atom is -0.373 e. The fraction of sp³-hybridized carbons (Fsp3) is 0.692. The van der Waals surface area contributed by atoms with Gasteiger partial charge in [0.15, 0.2) is 0 Å². The first kappa shape index (κ1) is 14.8. The van der Waals surface area contributed by atoms with Crippen LogP contribution in [0.2, 0.25) is 0 Å². The molecule has 1 atom stereocenters. The molecule has 0 bridgehead atoms. The van der Waals surface area contributed by atoms with Gasteiger partial charge in [0.1, 0.15) is 18.0 Å². The quantitative estimate of drug-likeness (QED) is 0.842. The SMILES string of the molecule is CCCc1c(NC)ncnc1NCC1CSCCS1. The first-order valence-electron chi connectivity index (χ1n) is 6.80. The molecule has 106 valence electrons. The van der Waals surface area contributed by atoms with Crippen LogP contribution in [-0.4, -0.2) is 46.1 Å². The van der Waals surface area contributed by atoms with E-state index >= 15 is 0 Å². The predicted octanol–water partition coefficient (Wildman–Crippen LogP) is 2.73. The molecule has 1 saturated heterocycles. The van der Waals surface area contributed by atoms with Gasteiger partial charge >= 0.3 is 0 Å². The molecule has 0 aromatic carbocycles. The number of thioether (sulfide) groups is 2. The Kier molecular flexibility index (Phi) is 6.10. The van der Waals surface area contributed by atoms with E-state index in [2.05, 4.69) is 51.0 Å². The molecule has 1 aromatic heterocycles. The van der Waals surface area contributed by atoms with Crippen LogP contribution in [-0.2, 0) is 6.42 Å². The van der Waals surface area contributed by atoms with E-state index in [1.165, 1.54) is 22.8 Å². The van der Waals surface area contributed by atoms with Gasteiger partial charge in [0.05, 0.1) is 0 Å². The summed E-state index contributed by atoms with van der Waals surface area (Å²) in [5, 5.41) is 7.37. The van der Waals surface area contributed by atoms with Gasteiger partial charge in [-0.3, -0.25) is 0 Å². The van der Waals surface area contributed by atoms with Gasteiger partial charge in [-0.05, 0) is 6.42 Å². The monoisotopic (exact) mass is 298 g/mol. The number of anilines is 2. The summed E-state index contributed by atoms with van der Waals surface area (Å²) in [6.45, 7) is 3.18. The van der Waals surface area contributed by atoms with Crippen molar-refractivity contribution in [2.75, 3.05) is 41.5 Å². The Balaban J connectivity index is 2.01. The lowest BCUT2D eigenvalue weighted by Gasteiger charge is -2.22. The average Bonchev–Trinajstić information content (AvgIpc) is 2.47. The maximum Gasteiger partial charge on any atom is 0.134 e. The minimum absolute atomic E-state index is 0.696. The van der Waals surface area contributed by atoms with E-state index in [1.807, 2.05) is 7.05 Å². The number of hydrogen-bond donors (Lipinski definition) is 2. The molecule has 2 N–H and O–H groups in total. The third kappa shape index (κ3) is 4.18. The van der Waals surface area contributed by atoms with Crippen LogP contribution in [0.15, 0.2) is 6.33 Å². The molecule has 1 aliphatic rings. The second kappa shape index (κ2) is 7.85. The van der Waals surface area contributed by atoms with Crippen LogP contribution in [0.3, 0.4) is 0 Å². The van der Waals surface area contributed by atoms with Gasteiger partial charge in [-0.15, -0.1) is 0 Å². The highest BCUT2D eigenvalue weighted by Crippen LogP contribution is 2.26. The Labute approximate surface area is 123 Å². The molecule has 1 fully saturated rings. The summed E-state index contributed by atoms with van der Waals surface area (Å²) in [5.74, 6) is 5.75. The fourth-order valence-corrected chi connectivity index (χ4v) is 4.74. The van der Waals surface area contributed by atoms with E-state index in [-0.39, 0.29) is 0 Å². The van der Waals surface area contributed by atoms with Gasteiger partial charge in [-0.1, -0.05) is 13.3 Å². The van der Waals surface area contributed by atoms with Crippen LogP contribution in [0.4, 0.5) is 11.6 Å². The summed E-state index contributed by atoms with van der Waals surface area (Å²) in [5.41, 5.74) is 1.21. The molecular weight excluding hydrogens is 276 g/mol. The van der Waals surface area contributed by atoms with E-state index in [0.717, 1.165) is 31.0 Å². The van der Waals surface area contributed by atoms with Crippen molar-refractivity contribution in [3.8, 4) is 0 Å². The Bertz CT molecular complexity index is 394. The Morgan fingerprint density at radius 1 is 1.32 bits per heavy atom. The van der Waals surface area contributed by atoms with E-state index in [1.54, 1.807) is 6.33 Å². The summed E-state index contributed by atoms with van der Waals surface area (Å²) in [4.78, 5) is 8.71. The summed E-state index contributed by atoms with van der Waals surface area (Å²) < 4.78 is 0. The van der Waals surface area contributed by atoms with Crippen molar-refractivity contribution in [3.63, 3.8) is 0 Å². The van der Waals surface area contributed by atoms with Crippen LogP contribution >= 0.6 is 23.5 Å². The van der Waals surface area contributed by atoms with Crippen molar-refractivity contribution in [2.24, 2.45) is 0 Å².